The Morgan fingerprint density at radius 3 is 2.54 bits per heavy atom. The van der Waals surface area contributed by atoms with Gasteiger partial charge in [0.1, 0.15) is 0 Å². The van der Waals surface area contributed by atoms with E-state index < -0.39 is 11.2 Å². The Hall–Kier alpha value is -1.59. The molecule has 0 spiro atoms. The van der Waals surface area contributed by atoms with Crippen molar-refractivity contribution < 1.29 is 24.2 Å². The molecule has 24 heavy (non-hydrogen) atoms. The van der Waals surface area contributed by atoms with Crippen LogP contribution in [0.2, 0.25) is 0 Å². The van der Waals surface area contributed by atoms with Gasteiger partial charge in [-0.3, -0.25) is 14.4 Å². The van der Waals surface area contributed by atoms with Crippen LogP contribution < -0.4 is 0 Å². The van der Waals surface area contributed by atoms with Crippen molar-refractivity contribution in [1.29, 1.82) is 0 Å². The lowest BCUT2D eigenvalue weighted by Gasteiger charge is -2.46. The average Bonchev–Trinajstić information content (AvgIpc) is 2.96. The lowest BCUT2D eigenvalue weighted by molar-refractivity contribution is -0.198. The van der Waals surface area contributed by atoms with Crippen molar-refractivity contribution in [2.45, 2.75) is 46.0 Å². The van der Waals surface area contributed by atoms with Gasteiger partial charge in [-0.1, -0.05) is 6.92 Å². The molecule has 2 fully saturated rings. The van der Waals surface area contributed by atoms with E-state index in [1.54, 1.807) is 20.8 Å². The first-order chi connectivity index (χ1) is 11.1. The molecule has 4 aliphatic rings. The van der Waals surface area contributed by atoms with E-state index in [4.69, 9.17) is 4.74 Å². The van der Waals surface area contributed by atoms with Crippen molar-refractivity contribution in [3.63, 3.8) is 0 Å². The summed E-state index contributed by atoms with van der Waals surface area (Å²) in [6.45, 7) is 6.98. The number of allylic oxidation sites excluding steroid dienone is 4. The highest BCUT2D eigenvalue weighted by molar-refractivity contribution is 6.23. The van der Waals surface area contributed by atoms with E-state index in [-0.39, 0.29) is 47.1 Å². The Bertz CT molecular complexity index is 743. The number of ether oxygens (including phenoxy) is 1. The minimum Gasteiger partial charge on any atom is -0.365 e. The van der Waals surface area contributed by atoms with E-state index in [0.29, 0.717) is 17.6 Å². The molecular weight excluding hydrogens is 308 g/mol. The van der Waals surface area contributed by atoms with Crippen LogP contribution in [0.1, 0.15) is 34.1 Å². The van der Waals surface area contributed by atoms with Gasteiger partial charge in [0.2, 0.25) is 0 Å². The summed E-state index contributed by atoms with van der Waals surface area (Å²) in [6.07, 6.45) is 2.96. The first-order valence-corrected chi connectivity index (χ1v) is 8.52. The number of ketones is 3. The lowest BCUT2D eigenvalue weighted by atomic mass is 9.54. The SMILES string of the molecule is CC1=CC(=O)C2=CC(=O)[C@H]3C[C@@H]4OC(C)(O)C(C)[C@@H]4[C@H]3[C@@]2(C)C1=O. The minimum absolute atomic E-state index is 0.0877. The van der Waals surface area contributed by atoms with E-state index >= 15 is 0 Å². The Kier molecular flexibility index (Phi) is 3.00. The van der Waals surface area contributed by atoms with Crippen LogP contribution in [0.15, 0.2) is 23.3 Å². The van der Waals surface area contributed by atoms with E-state index in [1.165, 1.54) is 12.2 Å². The van der Waals surface area contributed by atoms with Gasteiger partial charge in [-0.05, 0) is 56.8 Å². The van der Waals surface area contributed by atoms with Gasteiger partial charge in [0.15, 0.2) is 23.1 Å². The first kappa shape index (κ1) is 15.9. The zero-order chi connectivity index (χ0) is 17.6. The fourth-order valence-corrected chi connectivity index (χ4v) is 5.59. The second-order valence-corrected chi connectivity index (χ2v) is 8.13. The number of rotatable bonds is 0. The molecule has 0 bridgehead atoms. The summed E-state index contributed by atoms with van der Waals surface area (Å²) in [5.41, 5.74) is -0.260. The van der Waals surface area contributed by atoms with E-state index in [9.17, 15) is 19.5 Å². The van der Waals surface area contributed by atoms with Gasteiger partial charge in [-0.2, -0.15) is 0 Å². The number of Topliss-reactive ketones (excluding diaryl/α,β-unsaturated/α-hetero) is 1. The monoisotopic (exact) mass is 330 g/mol. The molecule has 1 N–H and O–H groups in total. The summed E-state index contributed by atoms with van der Waals surface area (Å²) in [4.78, 5) is 38.2. The Morgan fingerprint density at radius 2 is 1.88 bits per heavy atom. The zero-order valence-corrected chi connectivity index (χ0v) is 14.3. The molecular formula is C19H22O5. The molecule has 5 nitrogen and oxygen atoms in total. The molecule has 0 aromatic heterocycles. The predicted octanol–water partition coefficient (Wildman–Crippen LogP) is 1.60. The number of carbonyl (C=O) groups excluding carboxylic acids is 3. The maximum absolute atomic E-state index is 13.1. The van der Waals surface area contributed by atoms with Gasteiger partial charge in [-0.15, -0.1) is 0 Å². The van der Waals surface area contributed by atoms with Gasteiger partial charge in [0, 0.05) is 17.4 Å². The van der Waals surface area contributed by atoms with Crippen molar-refractivity contribution >= 4 is 17.3 Å². The highest BCUT2D eigenvalue weighted by Gasteiger charge is 2.67. The molecule has 128 valence electrons. The zero-order valence-electron chi connectivity index (χ0n) is 14.3. The van der Waals surface area contributed by atoms with Crippen LogP contribution >= 0.6 is 0 Å². The maximum atomic E-state index is 13.1. The summed E-state index contributed by atoms with van der Waals surface area (Å²) >= 11 is 0. The molecule has 3 aliphatic carbocycles. The number of aliphatic hydroxyl groups is 1. The normalized spacial score (nSPS) is 50.2. The van der Waals surface area contributed by atoms with Gasteiger partial charge >= 0.3 is 0 Å². The van der Waals surface area contributed by atoms with E-state index in [2.05, 4.69) is 0 Å². The molecule has 0 aromatic carbocycles. The summed E-state index contributed by atoms with van der Waals surface area (Å²) in [5.74, 6) is -2.66. The molecule has 0 amide bonds. The second-order valence-electron chi connectivity index (χ2n) is 8.13. The average molecular weight is 330 g/mol. The summed E-state index contributed by atoms with van der Waals surface area (Å²) < 4.78 is 5.81. The van der Waals surface area contributed by atoms with Crippen LogP contribution in [0.4, 0.5) is 0 Å². The van der Waals surface area contributed by atoms with Gasteiger partial charge in [0.05, 0.1) is 11.5 Å². The molecule has 1 saturated carbocycles. The topological polar surface area (TPSA) is 80.7 Å². The van der Waals surface area contributed by atoms with Crippen molar-refractivity contribution in [3.8, 4) is 0 Å². The van der Waals surface area contributed by atoms with Crippen molar-refractivity contribution in [2.24, 2.45) is 29.1 Å². The minimum atomic E-state index is -1.27. The van der Waals surface area contributed by atoms with Gasteiger partial charge in [0.25, 0.3) is 0 Å². The first-order valence-electron chi connectivity index (χ1n) is 8.52. The van der Waals surface area contributed by atoms with Crippen LogP contribution in [0.5, 0.6) is 0 Å². The number of fused-ring (bicyclic) bond motifs is 5. The Morgan fingerprint density at radius 1 is 1.21 bits per heavy atom. The third-order valence-electron chi connectivity index (χ3n) is 6.90. The Balaban J connectivity index is 1.90. The number of carbonyl (C=O) groups is 3. The molecule has 5 heteroatoms. The Labute approximate surface area is 140 Å². The van der Waals surface area contributed by atoms with E-state index in [1.807, 2.05) is 6.92 Å². The molecule has 4 rings (SSSR count). The van der Waals surface area contributed by atoms with Crippen molar-refractivity contribution in [3.05, 3.63) is 23.3 Å². The largest absolute Gasteiger partial charge is 0.365 e. The molecule has 1 aliphatic heterocycles. The molecule has 7 atom stereocenters. The number of hydrogen-bond acceptors (Lipinski definition) is 5. The highest BCUT2D eigenvalue weighted by atomic mass is 16.6. The van der Waals surface area contributed by atoms with Crippen LogP contribution in [0, 0.1) is 29.1 Å². The second kappa shape index (κ2) is 4.52. The van der Waals surface area contributed by atoms with E-state index in [0.717, 1.165) is 0 Å². The standard InChI is InChI=1S/C19H22O5/c1-8-5-13(21)11-7-12(20)10-6-14-15(9(2)19(4,23)24-14)16(10)18(11,3)17(8)22/h5,7,9-10,14-16,23H,6H2,1-4H3/t9?,10-,14+,15+,16+,18+,19?/m1/s1. The fraction of sp³-hybridized carbons (Fsp3) is 0.632. The van der Waals surface area contributed by atoms with Crippen LogP contribution in [0.3, 0.4) is 0 Å². The van der Waals surface area contributed by atoms with Gasteiger partial charge < -0.3 is 9.84 Å². The summed E-state index contributed by atoms with van der Waals surface area (Å²) in [7, 11) is 0. The fourth-order valence-electron chi connectivity index (χ4n) is 5.59. The smallest absolute Gasteiger partial charge is 0.183 e. The third-order valence-corrected chi connectivity index (χ3v) is 6.90. The van der Waals surface area contributed by atoms with Crippen LogP contribution in [-0.2, 0) is 19.1 Å². The molecule has 0 radical (unpaired) electrons. The van der Waals surface area contributed by atoms with Crippen LogP contribution in [0.25, 0.3) is 0 Å². The molecule has 0 aromatic rings. The molecule has 2 unspecified atom stereocenters. The van der Waals surface area contributed by atoms with Crippen molar-refractivity contribution in [1.82, 2.24) is 0 Å². The molecule has 1 saturated heterocycles. The van der Waals surface area contributed by atoms with Crippen molar-refractivity contribution in [2.75, 3.05) is 0 Å². The lowest BCUT2D eigenvalue weighted by Crippen LogP contribution is -2.52. The van der Waals surface area contributed by atoms with Gasteiger partial charge in [-0.25, -0.2) is 0 Å². The maximum Gasteiger partial charge on any atom is 0.183 e. The quantitative estimate of drug-likeness (QED) is 0.729. The van der Waals surface area contributed by atoms with Crippen LogP contribution in [-0.4, -0.2) is 34.3 Å². The third kappa shape index (κ3) is 1.69. The number of hydrogen-bond donors (Lipinski definition) is 1. The summed E-state index contributed by atoms with van der Waals surface area (Å²) in [5, 5.41) is 10.5. The molecule has 1 heterocycles. The highest BCUT2D eigenvalue weighted by Crippen LogP contribution is 2.62. The predicted molar refractivity (Wildman–Crippen MR) is 84.7 cm³/mol. The summed E-state index contributed by atoms with van der Waals surface area (Å²) in [6, 6.07) is 0.